The number of hydrogen-bond acceptors (Lipinski definition) is 4. The molecule has 0 bridgehead atoms. The fourth-order valence-electron chi connectivity index (χ4n) is 3.13. The molecular formula is C27H32N2O3. The monoisotopic (exact) mass is 432 g/mol. The van der Waals surface area contributed by atoms with Gasteiger partial charge in [0.1, 0.15) is 11.5 Å². The summed E-state index contributed by atoms with van der Waals surface area (Å²) in [6, 6.07) is 25.5. The van der Waals surface area contributed by atoms with Crippen LogP contribution in [0.2, 0.25) is 0 Å². The van der Waals surface area contributed by atoms with Gasteiger partial charge in [0, 0.05) is 17.4 Å². The van der Waals surface area contributed by atoms with E-state index >= 15 is 0 Å². The van der Waals surface area contributed by atoms with Gasteiger partial charge >= 0.3 is 0 Å². The average molecular weight is 433 g/mol. The zero-order chi connectivity index (χ0) is 22.6. The van der Waals surface area contributed by atoms with Crippen molar-refractivity contribution in [1.82, 2.24) is 0 Å². The number of carbonyl (C=O) groups is 1. The summed E-state index contributed by atoms with van der Waals surface area (Å²) in [5.74, 6) is 1.48. The number of amides is 1. The van der Waals surface area contributed by atoms with Crippen molar-refractivity contribution in [3.63, 3.8) is 0 Å². The number of aryl methyl sites for hydroxylation is 1. The highest BCUT2D eigenvalue weighted by Crippen LogP contribution is 2.19. The lowest BCUT2D eigenvalue weighted by Crippen LogP contribution is -2.21. The van der Waals surface area contributed by atoms with Gasteiger partial charge in [-0.2, -0.15) is 0 Å². The first kappa shape index (κ1) is 23.2. The zero-order valence-electron chi connectivity index (χ0n) is 18.8. The van der Waals surface area contributed by atoms with Crippen molar-refractivity contribution in [2.75, 3.05) is 23.8 Å². The summed E-state index contributed by atoms with van der Waals surface area (Å²) in [6.45, 7) is 4.95. The van der Waals surface area contributed by atoms with E-state index in [9.17, 15) is 4.79 Å². The second-order valence-electron chi connectivity index (χ2n) is 7.73. The van der Waals surface area contributed by atoms with E-state index in [1.54, 1.807) is 0 Å². The molecule has 0 radical (unpaired) electrons. The third kappa shape index (κ3) is 7.99. The van der Waals surface area contributed by atoms with E-state index in [1.807, 2.05) is 61.5 Å². The summed E-state index contributed by atoms with van der Waals surface area (Å²) >= 11 is 0. The van der Waals surface area contributed by atoms with E-state index in [-0.39, 0.29) is 18.6 Å². The quantitative estimate of drug-likeness (QED) is 0.349. The molecule has 3 rings (SSSR count). The predicted molar refractivity (Wildman–Crippen MR) is 131 cm³/mol. The highest BCUT2D eigenvalue weighted by atomic mass is 16.5. The minimum absolute atomic E-state index is 0.116. The van der Waals surface area contributed by atoms with Crippen LogP contribution in [0.25, 0.3) is 0 Å². The van der Waals surface area contributed by atoms with Gasteiger partial charge in [0.05, 0.1) is 19.3 Å². The Morgan fingerprint density at radius 1 is 0.906 bits per heavy atom. The molecule has 0 aromatic heterocycles. The molecule has 0 aliphatic carbocycles. The van der Waals surface area contributed by atoms with Crippen LogP contribution in [-0.4, -0.2) is 25.2 Å². The Kier molecular flexibility index (Phi) is 8.99. The largest absolute Gasteiger partial charge is 0.494 e. The molecule has 0 saturated carbocycles. The topological polar surface area (TPSA) is 59.6 Å². The molecule has 168 valence electrons. The van der Waals surface area contributed by atoms with Crippen LogP contribution in [0.3, 0.4) is 0 Å². The average Bonchev–Trinajstić information content (AvgIpc) is 2.82. The summed E-state index contributed by atoms with van der Waals surface area (Å²) in [6.07, 6.45) is 3.05. The standard InChI is InChI=1S/C27H32N2O3/c1-3-21(2)32-26-13-7-12-24(19-26)28-20-27(30)29-23-14-16-25(17-15-23)31-18-8-11-22-9-5-4-6-10-22/h4-7,9-10,12-17,19,21,28H,3,8,11,18,20H2,1-2H3,(H,29,30). The van der Waals surface area contributed by atoms with E-state index in [4.69, 9.17) is 9.47 Å². The molecule has 5 nitrogen and oxygen atoms in total. The van der Waals surface area contributed by atoms with E-state index < -0.39 is 0 Å². The van der Waals surface area contributed by atoms with Crippen molar-refractivity contribution in [2.45, 2.75) is 39.2 Å². The first-order chi connectivity index (χ1) is 15.6. The smallest absolute Gasteiger partial charge is 0.243 e. The zero-order valence-corrected chi connectivity index (χ0v) is 18.8. The molecule has 0 aliphatic heterocycles. The summed E-state index contributed by atoms with van der Waals surface area (Å²) in [5, 5.41) is 6.03. The molecule has 0 aliphatic rings. The number of hydrogen-bond donors (Lipinski definition) is 2. The van der Waals surface area contributed by atoms with Crippen molar-refractivity contribution in [3.8, 4) is 11.5 Å². The van der Waals surface area contributed by atoms with E-state index in [0.29, 0.717) is 6.61 Å². The summed E-state index contributed by atoms with van der Waals surface area (Å²) in [7, 11) is 0. The van der Waals surface area contributed by atoms with Crippen molar-refractivity contribution in [3.05, 3.63) is 84.4 Å². The molecule has 1 amide bonds. The molecule has 32 heavy (non-hydrogen) atoms. The number of benzene rings is 3. The van der Waals surface area contributed by atoms with Gasteiger partial charge in [-0.3, -0.25) is 4.79 Å². The van der Waals surface area contributed by atoms with Gasteiger partial charge < -0.3 is 20.1 Å². The van der Waals surface area contributed by atoms with Crippen molar-refractivity contribution >= 4 is 17.3 Å². The minimum Gasteiger partial charge on any atom is -0.494 e. The van der Waals surface area contributed by atoms with Gasteiger partial charge in [0.15, 0.2) is 0 Å². The Morgan fingerprint density at radius 3 is 2.44 bits per heavy atom. The van der Waals surface area contributed by atoms with E-state index in [1.165, 1.54) is 5.56 Å². The Labute approximate surface area is 190 Å². The van der Waals surface area contributed by atoms with Crippen LogP contribution in [0.5, 0.6) is 11.5 Å². The van der Waals surface area contributed by atoms with Gasteiger partial charge in [0.25, 0.3) is 0 Å². The molecule has 0 heterocycles. The molecule has 0 saturated heterocycles. The Bertz CT molecular complexity index is 958. The van der Waals surface area contributed by atoms with Gasteiger partial charge in [0.2, 0.25) is 5.91 Å². The van der Waals surface area contributed by atoms with Crippen molar-refractivity contribution in [1.29, 1.82) is 0 Å². The molecule has 3 aromatic carbocycles. The SMILES string of the molecule is CCC(C)Oc1cccc(NCC(=O)Nc2ccc(OCCCc3ccccc3)cc2)c1. The molecule has 2 N–H and O–H groups in total. The Hall–Kier alpha value is -3.47. The van der Waals surface area contributed by atoms with Crippen LogP contribution in [0.4, 0.5) is 11.4 Å². The third-order valence-electron chi connectivity index (χ3n) is 5.06. The van der Waals surface area contributed by atoms with Crippen molar-refractivity contribution < 1.29 is 14.3 Å². The van der Waals surface area contributed by atoms with Gasteiger partial charge in [-0.15, -0.1) is 0 Å². The van der Waals surface area contributed by atoms with Crippen LogP contribution in [0, 0.1) is 0 Å². The fraction of sp³-hybridized carbons (Fsp3) is 0.296. The normalized spacial score (nSPS) is 11.4. The van der Waals surface area contributed by atoms with Crippen LogP contribution in [0.1, 0.15) is 32.3 Å². The van der Waals surface area contributed by atoms with Crippen LogP contribution in [0.15, 0.2) is 78.9 Å². The summed E-state index contributed by atoms with van der Waals surface area (Å²) < 4.78 is 11.6. The highest BCUT2D eigenvalue weighted by molar-refractivity contribution is 5.93. The first-order valence-electron chi connectivity index (χ1n) is 11.2. The predicted octanol–water partition coefficient (Wildman–Crippen LogP) is 5.93. The lowest BCUT2D eigenvalue weighted by Gasteiger charge is -2.14. The number of nitrogens with one attached hydrogen (secondary N) is 2. The number of anilines is 2. The molecule has 0 fully saturated rings. The van der Waals surface area contributed by atoms with Crippen LogP contribution < -0.4 is 20.1 Å². The van der Waals surface area contributed by atoms with Gasteiger partial charge in [-0.25, -0.2) is 0 Å². The molecule has 1 atom stereocenters. The third-order valence-corrected chi connectivity index (χ3v) is 5.06. The molecule has 0 spiro atoms. The minimum atomic E-state index is -0.116. The maximum absolute atomic E-state index is 12.3. The number of carbonyl (C=O) groups excluding carboxylic acids is 1. The highest BCUT2D eigenvalue weighted by Gasteiger charge is 2.05. The maximum atomic E-state index is 12.3. The molecule has 3 aromatic rings. The lowest BCUT2D eigenvalue weighted by molar-refractivity contribution is -0.114. The van der Waals surface area contributed by atoms with Gasteiger partial charge in [-0.1, -0.05) is 43.3 Å². The second-order valence-corrected chi connectivity index (χ2v) is 7.73. The fourth-order valence-corrected chi connectivity index (χ4v) is 3.13. The van der Waals surface area contributed by atoms with Crippen LogP contribution in [-0.2, 0) is 11.2 Å². The Morgan fingerprint density at radius 2 is 1.69 bits per heavy atom. The van der Waals surface area contributed by atoms with Crippen LogP contribution >= 0.6 is 0 Å². The molecule has 5 heteroatoms. The number of rotatable bonds is 12. The summed E-state index contributed by atoms with van der Waals surface area (Å²) in [4.78, 5) is 12.3. The van der Waals surface area contributed by atoms with Gasteiger partial charge in [-0.05, 0) is 68.1 Å². The van der Waals surface area contributed by atoms with E-state index in [0.717, 1.165) is 42.1 Å². The molecular weight excluding hydrogens is 400 g/mol. The Balaban J connectivity index is 1.38. The lowest BCUT2D eigenvalue weighted by atomic mass is 10.1. The first-order valence-corrected chi connectivity index (χ1v) is 11.2. The van der Waals surface area contributed by atoms with E-state index in [2.05, 4.69) is 41.8 Å². The summed E-state index contributed by atoms with van der Waals surface area (Å²) in [5.41, 5.74) is 2.90. The second kappa shape index (κ2) is 12.4. The molecule has 1 unspecified atom stereocenters. The van der Waals surface area contributed by atoms with Crippen molar-refractivity contribution in [2.24, 2.45) is 0 Å². The number of ether oxygens (including phenoxy) is 2. The maximum Gasteiger partial charge on any atom is 0.243 e.